The summed E-state index contributed by atoms with van der Waals surface area (Å²) < 4.78 is 39.0. The Labute approximate surface area is 231 Å². The lowest BCUT2D eigenvalue weighted by atomic mass is 9.62. The Balaban J connectivity index is 1.99. The lowest BCUT2D eigenvalue weighted by molar-refractivity contribution is -0.287. The first kappa shape index (κ1) is 31.2. The topological polar surface area (TPSA) is 146 Å². The van der Waals surface area contributed by atoms with Crippen LogP contribution < -0.4 is 16.7 Å². The predicted octanol–water partition coefficient (Wildman–Crippen LogP) is 3.24. The highest BCUT2D eigenvalue weighted by Crippen LogP contribution is 2.61. The number of sulfone groups is 1. The molecule has 0 radical (unpaired) electrons. The summed E-state index contributed by atoms with van der Waals surface area (Å²) in [5.41, 5.74) is 4.51. The monoisotopic (exact) mass is 565 g/mol. The smallest absolute Gasteiger partial charge is 0.251 e. The van der Waals surface area contributed by atoms with Gasteiger partial charge in [0, 0.05) is 30.6 Å². The maximum Gasteiger partial charge on any atom is 0.251 e. The van der Waals surface area contributed by atoms with Gasteiger partial charge in [-0.2, -0.15) is 0 Å². The highest BCUT2D eigenvalue weighted by Gasteiger charge is 2.73. The van der Waals surface area contributed by atoms with Crippen molar-refractivity contribution in [2.24, 2.45) is 23.1 Å². The van der Waals surface area contributed by atoms with E-state index in [-0.39, 0.29) is 18.7 Å². The van der Waals surface area contributed by atoms with Crippen molar-refractivity contribution in [2.75, 3.05) is 12.9 Å². The van der Waals surface area contributed by atoms with E-state index in [1.165, 1.54) is 0 Å². The molecule has 0 spiro atoms. The third-order valence-corrected chi connectivity index (χ3v) is 10.1. The maximum atomic E-state index is 13.7. The number of nitrogens with two attached hydrogens (primary N) is 1. The molecule has 10 nitrogen and oxygen atoms in total. The average molecular weight is 566 g/mol. The van der Waals surface area contributed by atoms with Crippen molar-refractivity contribution in [3.8, 4) is 0 Å². The number of carbonyl (C=O) groups is 2. The van der Waals surface area contributed by atoms with Gasteiger partial charge in [0.1, 0.15) is 0 Å². The van der Waals surface area contributed by atoms with Crippen LogP contribution in [0, 0.1) is 17.3 Å². The van der Waals surface area contributed by atoms with Crippen molar-refractivity contribution in [1.82, 2.24) is 10.9 Å². The van der Waals surface area contributed by atoms with E-state index in [0.29, 0.717) is 25.9 Å². The summed E-state index contributed by atoms with van der Waals surface area (Å²) in [6, 6.07) is 9.51. The molecule has 2 fully saturated rings. The molecular weight excluding hydrogens is 522 g/mol. The van der Waals surface area contributed by atoms with Crippen LogP contribution in [0.15, 0.2) is 36.4 Å². The van der Waals surface area contributed by atoms with Crippen LogP contribution in [-0.2, 0) is 33.7 Å². The molecule has 39 heavy (non-hydrogen) atoms. The van der Waals surface area contributed by atoms with Crippen LogP contribution in [0.1, 0.15) is 71.3 Å². The molecular formula is C28H43N3O7S. The first-order chi connectivity index (χ1) is 18.5. The minimum Gasteiger partial charge on any atom is -0.354 e. The second kappa shape index (κ2) is 13.4. The van der Waals surface area contributed by atoms with E-state index in [4.69, 9.17) is 20.2 Å². The van der Waals surface area contributed by atoms with Gasteiger partial charge in [-0.1, -0.05) is 62.8 Å². The number of carbonyl (C=O) groups excluding carboxylic acids is 2. The lowest BCUT2D eigenvalue weighted by Gasteiger charge is -2.63. The Kier molecular flexibility index (Phi) is 10.7. The molecule has 0 aromatic heterocycles. The van der Waals surface area contributed by atoms with Gasteiger partial charge in [0.15, 0.2) is 21.1 Å². The van der Waals surface area contributed by atoms with Crippen LogP contribution >= 0.6 is 0 Å². The van der Waals surface area contributed by atoms with Crippen LogP contribution in [0.5, 0.6) is 0 Å². The van der Waals surface area contributed by atoms with Crippen LogP contribution in [-0.4, -0.2) is 50.4 Å². The molecule has 4 N–H and O–H groups in total. The summed E-state index contributed by atoms with van der Waals surface area (Å²) in [5, 5.41) is 0. The fraction of sp³-hybridized carbons (Fsp3) is 0.643. The molecule has 0 bridgehead atoms. The molecule has 6 atom stereocenters. The number of hydroxylamine groups is 1. The number of rotatable bonds is 13. The fourth-order valence-electron chi connectivity index (χ4n) is 5.95. The Morgan fingerprint density at radius 2 is 1.95 bits per heavy atom. The average Bonchev–Trinajstić information content (AvgIpc) is 2.92. The zero-order valence-electron chi connectivity index (χ0n) is 23.4. The molecule has 2 aliphatic heterocycles. The quantitative estimate of drug-likeness (QED) is 0.188. The largest absolute Gasteiger partial charge is 0.354 e. The van der Waals surface area contributed by atoms with E-state index in [2.05, 4.69) is 10.9 Å². The SMILES string of the molecule is CCCC(CC1(C)C(C)O[C@]1([C@@H](C/C=C/c1ccccc1)C(=O)NOC1CCCCO1)S(C)(=O)=O)C(=O)NN. The molecule has 2 heterocycles. The number of hydrazine groups is 1. The van der Waals surface area contributed by atoms with Gasteiger partial charge in [-0.05, 0) is 44.6 Å². The second-order valence-corrected chi connectivity index (χ2v) is 12.9. The molecule has 3 rings (SSSR count). The van der Waals surface area contributed by atoms with Crippen molar-refractivity contribution in [3.63, 3.8) is 0 Å². The summed E-state index contributed by atoms with van der Waals surface area (Å²) in [6.45, 7) is 6.02. The van der Waals surface area contributed by atoms with Crippen LogP contribution in [0.2, 0.25) is 0 Å². The number of hydrogen-bond acceptors (Lipinski definition) is 8. The summed E-state index contributed by atoms with van der Waals surface area (Å²) >= 11 is 0. The third kappa shape index (κ3) is 6.71. The molecule has 218 valence electrons. The first-order valence-electron chi connectivity index (χ1n) is 13.7. The van der Waals surface area contributed by atoms with Gasteiger partial charge in [-0.15, -0.1) is 0 Å². The first-order valence-corrected chi connectivity index (χ1v) is 15.6. The molecule has 2 saturated heterocycles. The highest BCUT2D eigenvalue weighted by molar-refractivity contribution is 7.92. The molecule has 2 aliphatic rings. The van der Waals surface area contributed by atoms with Crippen molar-refractivity contribution >= 4 is 27.7 Å². The highest BCUT2D eigenvalue weighted by atomic mass is 32.2. The van der Waals surface area contributed by atoms with Gasteiger partial charge in [0.25, 0.3) is 5.91 Å². The van der Waals surface area contributed by atoms with E-state index < -0.39 is 50.3 Å². The number of amides is 2. The van der Waals surface area contributed by atoms with E-state index in [0.717, 1.165) is 24.7 Å². The normalized spacial score (nSPS) is 28.8. The standard InChI is InChI=1S/C28H43N3O7S/c1-5-12-22(25(32)30-29)19-27(3)20(2)37-28(27,39(4,34)35)23(16-11-15-21-13-7-6-8-14-21)26(33)31-38-24-17-9-10-18-36-24/h6-8,11,13-15,20,22-24H,5,9-10,12,16-19,29H2,1-4H3,(H,30,32)(H,31,33)/b15-11+/t20?,22?,23-,24?,27?,28+/m0/s1. The van der Waals surface area contributed by atoms with Crippen molar-refractivity contribution in [1.29, 1.82) is 0 Å². The fourth-order valence-corrected chi connectivity index (χ4v) is 8.09. The summed E-state index contributed by atoms with van der Waals surface area (Å²) in [6.07, 6.45) is 7.44. The molecule has 2 amide bonds. The van der Waals surface area contributed by atoms with Gasteiger partial charge in [-0.25, -0.2) is 24.6 Å². The summed E-state index contributed by atoms with van der Waals surface area (Å²) in [5.74, 6) is 2.75. The van der Waals surface area contributed by atoms with Gasteiger partial charge in [0.2, 0.25) is 5.91 Å². The lowest BCUT2D eigenvalue weighted by Crippen LogP contribution is -2.75. The van der Waals surface area contributed by atoms with E-state index in [1.54, 1.807) is 19.9 Å². The van der Waals surface area contributed by atoms with Gasteiger partial charge >= 0.3 is 0 Å². The molecule has 0 saturated carbocycles. The molecule has 1 aromatic carbocycles. The van der Waals surface area contributed by atoms with Gasteiger partial charge in [-0.3, -0.25) is 15.0 Å². The molecule has 4 unspecified atom stereocenters. The Morgan fingerprint density at radius 1 is 1.23 bits per heavy atom. The zero-order valence-corrected chi connectivity index (χ0v) is 24.2. The van der Waals surface area contributed by atoms with Crippen LogP contribution in [0.4, 0.5) is 0 Å². The summed E-state index contributed by atoms with van der Waals surface area (Å²) in [4.78, 5) is 30.0. The number of benzene rings is 1. The van der Waals surface area contributed by atoms with Gasteiger partial charge < -0.3 is 9.47 Å². The van der Waals surface area contributed by atoms with Crippen LogP contribution in [0.25, 0.3) is 6.08 Å². The third-order valence-electron chi connectivity index (χ3n) is 8.10. The number of allylic oxidation sites excluding steroid dienone is 1. The zero-order chi connectivity index (χ0) is 28.7. The number of hydrogen-bond donors (Lipinski definition) is 3. The van der Waals surface area contributed by atoms with E-state index in [1.807, 2.05) is 43.3 Å². The number of nitrogens with one attached hydrogen (secondary N) is 2. The van der Waals surface area contributed by atoms with Crippen molar-refractivity contribution in [3.05, 3.63) is 42.0 Å². The van der Waals surface area contributed by atoms with E-state index >= 15 is 0 Å². The summed E-state index contributed by atoms with van der Waals surface area (Å²) in [7, 11) is -4.01. The van der Waals surface area contributed by atoms with Gasteiger partial charge in [0.05, 0.1) is 12.0 Å². The predicted molar refractivity (Wildman–Crippen MR) is 148 cm³/mol. The minimum absolute atomic E-state index is 0.0620. The Morgan fingerprint density at radius 3 is 2.51 bits per heavy atom. The number of ether oxygens (including phenoxy) is 2. The molecule has 0 aliphatic carbocycles. The second-order valence-electron chi connectivity index (χ2n) is 10.8. The van der Waals surface area contributed by atoms with Crippen molar-refractivity contribution in [2.45, 2.75) is 83.0 Å². The molecule has 1 aromatic rings. The molecule has 11 heteroatoms. The minimum atomic E-state index is -4.01. The Hall–Kier alpha value is -2.31. The van der Waals surface area contributed by atoms with Crippen LogP contribution in [0.3, 0.4) is 0 Å². The van der Waals surface area contributed by atoms with Crippen molar-refractivity contribution < 1.29 is 32.3 Å². The maximum absolute atomic E-state index is 13.7. The Bertz CT molecular complexity index is 1110. The van der Waals surface area contributed by atoms with E-state index in [9.17, 15) is 18.0 Å².